The van der Waals surface area contributed by atoms with Gasteiger partial charge in [0.25, 0.3) is 0 Å². The van der Waals surface area contributed by atoms with Crippen molar-refractivity contribution in [1.29, 1.82) is 0 Å². The molecule has 0 spiro atoms. The van der Waals surface area contributed by atoms with Gasteiger partial charge in [-0.2, -0.15) is 0 Å². The molecule has 0 amide bonds. The monoisotopic (exact) mass is 742 g/mol. The third kappa shape index (κ3) is 34.3. The lowest BCUT2D eigenvalue weighted by Crippen LogP contribution is -2.55. The van der Waals surface area contributed by atoms with Gasteiger partial charge in [0, 0.05) is 19.3 Å². The molecule has 8 heteroatoms. The molecule has 0 aromatic heterocycles. The van der Waals surface area contributed by atoms with Crippen LogP contribution in [0.4, 0.5) is 0 Å². The van der Waals surface area contributed by atoms with Crippen molar-refractivity contribution in [3.63, 3.8) is 0 Å². The summed E-state index contributed by atoms with van der Waals surface area (Å²) in [6, 6.07) is -0.734. The van der Waals surface area contributed by atoms with Gasteiger partial charge in [-0.1, -0.05) is 132 Å². The normalized spacial score (nSPS) is 13.8. The Labute approximate surface area is 323 Å². The van der Waals surface area contributed by atoms with Gasteiger partial charge in [0.1, 0.15) is 12.6 Å². The molecule has 0 aromatic carbocycles. The number of hydrogen-bond donors (Lipinski definition) is 0. The molecule has 0 aromatic rings. The highest BCUT2D eigenvalue weighted by Crippen LogP contribution is 2.13. The number of hydrogen-bond acceptors (Lipinski definition) is 7. The fourth-order valence-corrected chi connectivity index (χ4v) is 5.49. The highest BCUT2D eigenvalue weighted by atomic mass is 16.6. The fraction of sp³-hybridized carbons (Fsp3) is 0.667. The summed E-state index contributed by atoms with van der Waals surface area (Å²) < 4.78 is 17.1. The average molecular weight is 742 g/mol. The van der Waals surface area contributed by atoms with Gasteiger partial charge < -0.3 is 28.6 Å². The molecule has 0 saturated carbocycles. The minimum absolute atomic E-state index is 0.0243. The zero-order valence-electron chi connectivity index (χ0n) is 34.2. The third-order valence-electron chi connectivity index (χ3n) is 8.65. The molecule has 8 nitrogen and oxygen atoms in total. The SMILES string of the molecule is CC/C=C/C=C/C=C/CCCCCCCCCC(=O)OC(COCCC(C(=O)[O-])[N+](C)(C)C)COC(=O)CCCCCC/C=C/C/C=C/C/C=C/CC. The summed E-state index contributed by atoms with van der Waals surface area (Å²) in [5.74, 6) is -1.79. The van der Waals surface area contributed by atoms with Gasteiger partial charge in [-0.15, -0.1) is 0 Å². The number of nitrogens with zero attached hydrogens (tertiary/aromatic N) is 1. The number of esters is 2. The Bertz CT molecular complexity index is 1100. The molecule has 0 heterocycles. The largest absolute Gasteiger partial charge is 0.544 e. The number of carboxylic acids is 1. The van der Waals surface area contributed by atoms with Crippen LogP contribution in [0.5, 0.6) is 0 Å². The fourth-order valence-electron chi connectivity index (χ4n) is 5.49. The van der Waals surface area contributed by atoms with Gasteiger partial charge in [-0.05, 0) is 64.2 Å². The van der Waals surface area contributed by atoms with Gasteiger partial charge in [0.15, 0.2) is 6.10 Å². The van der Waals surface area contributed by atoms with Crippen molar-refractivity contribution in [2.24, 2.45) is 0 Å². The van der Waals surface area contributed by atoms with E-state index in [1.165, 1.54) is 19.3 Å². The maximum absolute atomic E-state index is 12.7. The molecule has 53 heavy (non-hydrogen) atoms. The number of carboxylic acid groups (broad SMARTS) is 1. The summed E-state index contributed by atoms with van der Waals surface area (Å²) in [5.41, 5.74) is 0. The summed E-state index contributed by atoms with van der Waals surface area (Å²) in [6.45, 7) is 4.36. The standard InChI is InChI=1S/C45H75NO7/c1-6-8-10-12-14-16-18-20-22-24-26-28-30-32-34-36-44(48)53-41(39-51-38-37-42(45(49)50)46(3,4)5)40-52-43(47)35-33-31-29-27-25-23-21-19-17-15-13-11-9-7-2/h8-12,14-18,21,23,41-42H,6-7,13,19-20,22,24-40H2,1-5H3/b10-8+,11-9+,14-12+,17-15+,18-16+,23-21+. The molecular formula is C45H75NO7. The Morgan fingerprint density at radius 2 is 1.09 bits per heavy atom. The average Bonchev–Trinajstić information content (AvgIpc) is 3.11. The molecule has 2 unspecified atom stereocenters. The van der Waals surface area contributed by atoms with Crippen molar-refractivity contribution in [2.45, 2.75) is 154 Å². The van der Waals surface area contributed by atoms with E-state index in [1.54, 1.807) is 21.1 Å². The van der Waals surface area contributed by atoms with Crippen molar-refractivity contribution in [3.05, 3.63) is 72.9 Å². The summed E-state index contributed by atoms with van der Waals surface area (Å²) >= 11 is 0. The Balaban J connectivity index is 4.45. The summed E-state index contributed by atoms with van der Waals surface area (Å²) in [6.07, 6.45) is 43.5. The molecule has 2 atom stereocenters. The van der Waals surface area contributed by atoms with E-state index in [0.717, 1.165) is 89.9 Å². The smallest absolute Gasteiger partial charge is 0.306 e. The van der Waals surface area contributed by atoms with E-state index in [0.29, 0.717) is 12.8 Å². The quantitative estimate of drug-likeness (QED) is 0.0210. The predicted molar refractivity (Wildman–Crippen MR) is 217 cm³/mol. The van der Waals surface area contributed by atoms with Gasteiger partial charge in [0.2, 0.25) is 0 Å². The molecule has 0 aliphatic carbocycles. The first kappa shape index (κ1) is 49.8. The van der Waals surface area contributed by atoms with Gasteiger partial charge in [0.05, 0.1) is 40.3 Å². The number of carbonyl (C=O) groups excluding carboxylic acids is 3. The lowest BCUT2D eigenvalue weighted by Gasteiger charge is -2.34. The molecule has 0 aliphatic rings. The topological polar surface area (TPSA) is 102 Å². The van der Waals surface area contributed by atoms with E-state index >= 15 is 0 Å². The van der Waals surface area contributed by atoms with E-state index in [4.69, 9.17) is 14.2 Å². The molecule has 0 bridgehead atoms. The van der Waals surface area contributed by atoms with Crippen molar-refractivity contribution < 1.29 is 38.2 Å². The highest BCUT2D eigenvalue weighted by molar-refractivity contribution is 5.70. The second kappa shape index (κ2) is 35.8. The maximum atomic E-state index is 12.7. The van der Waals surface area contributed by atoms with Crippen LogP contribution in [0.15, 0.2) is 72.9 Å². The van der Waals surface area contributed by atoms with E-state index < -0.39 is 18.1 Å². The summed E-state index contributed by atoms with van der Waals surface area (Å²) in [7, 11) is 5.38. The predicted octanol–water partition coefficient (Wildman–Crippen LogP) is 9.46. The van der Waals surface area contributed by atoms with E-state index in [-0.39, 0.29) is 42.7 Å². The Morgan fingerprint density at radius 1 is 0.585 bits per heavy atom. The van der Waals surface area contributed by atoms with Crippen LogP contribution in [0.2, 0.25) is 0 Å². The molecule has 0 radical (unpaired) electrons. The van der Waals surface area contributed by atoms with Crippen LogP contribution in [0.25, 0.3) is 0 Å². The zero-order chi connectivity index (χ0) is 39.3. The molecular weight excluding hydrogens is 666 g/mol. The lowest BCUT2D eigenvalue weighted by atomic mass is 10.1. The summed E-state index contributed by atoms with van der Waals surface area (Å²) in [4.78, 5) is 36.8. The highest BCUT2D eigenvalue weighted by Gasteiger charge is 2.25. The van der Waals surface area contributed by atoms with Crippen molar-refractivity contribution in [1.82, 2.24) is 0 Å². The van der Waals surface area contributed by atoms with E-state index in [2.05, 4.69) is 86.8 Å². The van der Waals surface area contributed by atoms with Gasteiger partial charge in [-0.25, -0.2) is 0 Å². The van der Waals surface area contributed by atoms with Crippen LogP contribution in [0.3, 0.4) is 0 Å². The number of unbranched alkanes of at least 4 members (excludes halogenated alkanes) is 11. The first-order chi connectivity index (χ1) is 25.6. The molecule has 0 aliphatic heterocycles. The van der Waals surface area contributed by atoms with Crippen LogP contribution in [-0.2, 0) is 28.6 Å². The Kier molecular flexibility index (Phi) is 33.6. The van der Waals surface area contributed by atoms with Crippen LogP contribution in [-0.4, -0.2) is 75.5 Å². The van der Waals surface area contributed by atoms with Crippen LogP contribution >= 0.6 is 0 Å². The van der Waals surface area contributed by atoms with Gasteiger partial charge >= 0.3 is 11.9 Å². The number of likely N-dealkylation sites (N-methyl/N-ethyl adjacent to an activating group) is 1. The zero-order valence-corrected chi connectivity index (χ0v) is 34.2. The van der Waals surface area contributed by atoms with E-state index in [9.17, 15) is 19.5 Å². The van der Waals surface area contributed by atoms with Gasteiger partial charge in [-0.3, -0.25) is 9.59 Å². The van der Waals surface area contributed by atoms with Crippen molar-refractivity contribution >= 4 is 17.9 Å². The minimum atomic E-state index is -1.13. The first-order valence-corrected chi connectivity index (χ1v) is 20.5. The number of rotatable bonds is 35. The van der Waals surface area contributed by atoms with E-state index in [1.807, 2.05) is 0 Å². The number of aliphatic carboxylic acids is 1. The molecule has 0 N–H and O–H groups in total. The second-order valence-corrected chi connectivity index (χ2v) is 14.5. The number of ether oxygens (including phenoxy) is 3. The van der Waals surface area contributed by atoms with Crippen molar-refractivity contribution in [3.8, 4) is 0 Å². The lowest BCUT2D eigenvalue weighted by molar-refractivity contribution is -0.889. The summed E-state index contributed by atoms with van der Waals surface area (Å²) in [5, 5.41) is 11.6. The molecule has 0 fully saturated rings. The van der Waals surface area contributed by atoms with Crippen LogP contribution in [0, 0.1) is 0 Å². The maximum Gasteiger partial charge on any atom is 0.306 e. The Morgan fingerprint density at radius 3 is 1.68 bits per heavy atom. The third-order valence-corrected chi connectivity index (χ3v) is 8.65. The molecule has 302 valence electrons. The second-order valence-electron chi connectivity index (χ2n) is 14.5. The minimum Gasteiger partial charge on any atom is -0.544 e. The number of allylic oxidation sites excluding steroid dienone is 12. The number of quaternary nitrogens is 1. The van der Waals surface area contributed by atoms with Crippen LogP contribution < -0.4 is 5.11 Å². The molecule has 0 rings (SSSR count). The van der Waals surface area contributed by atoms with Crippen LogP contribution in [0.1, 0.15) is 142 Å². The number of carbonyl (C=O) groups is 3. The Hall–Kier alpha value is -3.23. The van der Waals surface area contributed by atoms with Crippen molar-refractivity contribution in [2.75, 3.05) is 41.0 Å². The first-order valence-electron chi connectivity index (χ1n) is 20.5. The molecule has 0 saturated heterocycles.